The molecule has 0 bridgehead atoms. The third-order valence-corrected chi connectivity index (χ3v) is 3.88. The predicted octanol–water partition coefficient (Wildman–Crippen LogP) is 3.53. The maximum atomic E-state index is 12.0. The molecular formula is C21H16N4O5. The van der Waals surface area contributed by atoms with Crippen LogP contribution in [0.2, 0.25) is 0 Å². The van der Waals surface area contributed by atoms with Crippen LogP contribution in [-0.4, -0.2) is 21.7 Å². The van der Waals surface area contributed by atoms with Gasteiger partial charge in [0.25, 0.3) is 5.69 Å². The molecule has 0 fully saturated rings. The highest BCUT2D eigenvalue weighted by molar-refractivity contribution is 6.01. The average Bonchev–Trinajstić information content (AvgIpc) is 2.74. The number of carbonyl (C=O) groups is 2. The average molecular weight is 404 g/mol. The second-order valence-electron chi connectivity index (χ2n) is 6.05. The van der Waals surface area contributed by atoms with Crippen LogP contribution in [0.25, 0.3) is 6.08 Å². The molecule has 0 radical (unpaired) electrons. The van der Waals surface area contributed by atoms with Gasteiger partial charge in [-0.2, -0.15) is 0 Å². The first-order chi connectivity index (χ1) is 14.4. The third-order valence-electron chi connectivity index (χ3n) is 3.88. The van der Waals surface area contributed by atoms with Gasteiger partial charge >= 0.3 is 0 Å². The number of pyridine rings is 1. The Morgan fingerprint density at radius 3 is 2.50 bits per heavy atom. The smallest absolute Gasteiger partial charge is 0.269 e. The van der Waals surface area contributed by atoms with Crippen molar-refractivity contribution in [2.75, 3.05) is 5.32 Å². The van der Waals surface area contributed by atoms with Crippen molar-refractivity contribution < 1.29 is 19.2 Å². The highest BCUT2D eigenvalue weighted by atomic mass is 16.6. The molecule has 30 heavy (non-hydrogen) atoms. The lowest BCUT2D eigenvalue weighted by Crippen LogP contribution is -2.10. The molecule has 9 nitrogen and oxygen atoms in total. The molecule has 2 amide bonds. The lowest BCUT2D eigenvalue weighted by molar-refractivity contribution is -0.384. The first-order valence-electron chi connectivity index (χ1n) is 8.68. The van der Waals surface area contributed by atoms with Crippen molar-refractivity contribution >= 4 is 29.3 Å². The maximum absolute atomic E-state index is 12.0. The van der Waals surface area contributed by atoms with E-state index in [0.717, 1.165) is 0 Å². The van der Waals surface area contributed by atoms with E-state index in [0.29, 0.717) is 22.6 Å². The first-order valence-corrected chi connectivity index (χ1v) is 8.68. The van der Waals surface area contributed by atoms with Crippen molar-refractivity contribution in [3.05, 3.63) is 94.2 Å². The number of carbonyl (C=O) groups excluding carboxylic acids is 2. The van der Waals surface area contributed by atoms with E-state index in [4.69, 9.17) is 10.5 Å². The van der Waals surface area contributed by atoms with Crippen molar-refractivity contribution in [2.45, 2.75) is 0 Å². The van der Waals surface area contributed by atoms with E-state index >= 15 is 0 Å². The highest BCUT2D eigenvalue weighted by Gasteiger charge is 2.05. The van der Waals surface area contributed by atoms with Gasteiger partial charge in [-0.3, -0.25) is 19.7 Å². The second kappa shape index (κ2) is 9.11. The molecule has 150 valence electrons. The molecule has 0 saturated carbocycles. The molecule has 0 aliphatic heterocycles. The number of primary amides is 1. The number of ether oxygens (including phenoxy) is 1. The molecule has 0 aliphatic carbocycles. The third kappa shape index (κ3) is 5.49. The summed E-state index contributed by atoms with van der Waals surface area (Å²) in [5, 5.41) is 13.3. The van der Waals surface area contributed by atoms with Crippen molar-refractivity contribution in [3.63, 3.8) is 0 Å². The second-order valence-corrected chi connectivity index (χ2v) is 6.05. The minimum absolute atomic E-state index is 0.0219. The molecule has 0 spiro atoms. The standard InChI is InChI=1S/C21H16N4O5/c22-21(27)15-2-1-3-18(12-15)30-20-11-7-16(13-23-20)24-19(26)10-6-14-4-8-17(9-5-14)25(28)29/h1-13H,(H2,22,27)(H,24,26)/b10-6+. The van der Waals surface area contributed by atoms with Gasteiger partial charge in [-0.25, -0.2) is 4.98 Å². The Morgan fingerprint density at radius 1 is 1.10 bits per heavy atom. The number of aromatic nitrogens is 1. The quantitative estimate of drug-likeness (QED) is 0.351. The summed E-state index contributed by atoms with van der Waals surface area (Å²) in [6.45, 7) is 0. The summed E-state index contributed by atoms with van der Waals surface area (Å²) in [6.07, 6.45) is 4.27. The summed E-state index contributed by atoms with van der Waals surface area (Å²) >= 11 is 0. The molecule has 9 heteroatoms. The van der Waals surface area contributed by atoms with Crippen molar-refractivity contribution in [2.24, 2.45) is 5.73 Å². The summed E-state index contributed by atoms with van der Waals surface area (Å²) < 4.78 is 5.57. The van der Waals surface area contributed by atoms with Crippen LogP contribution in [0.3, 0.4) is 0 Å². The number of nitro groups is 1. The molecule has 3 aromatic rings. The number of nitrogens with one attached hydrogen (secondary N) is 1. The number of benzene rings is 2. The molecule has 1 aromatic heterocycles. The van der Waals surface area contributed by atoms with Crippen LogP contribution < -0.4 is 15.8 Å². The van der Waals surface area contributed by atoms with Crippen LogP contribution in [0.1, 0.15) is 15.9 Å². The molecule has 0 atom stereocenters. The molecule has 3 rings (SSSR count). The number of hydrogen-bond donors (Lipinski definition) is 2. The number of nitro benzene ring substituents is 1. The van der Waals surface area contributed by atoms with Gasteiger partial charge in [-0.15, -0.1) is 0 Å². The van der Waals surface area contributed by atoms with E-state index in [1.807, 2.05) is 0 Å². The summed E-state index contributed by atoms with van der Waals surface area (Å²) in [6, 6.07) is 15.4. The van der Waals surface area contributed by atoms with Gasteiger partial charge in [-0.05, 0) is 48.0 Å². The van der Waals surface area contributed by atoms with E-state index in [9.17, 15) is 19.7 Å². The van der Waals surface area contributed by atoms with Gasteiger partial charge in [0.1, 0.15) is 5.75 Å². The minimum Gasteiger partial charge on any atom is -0.439 e. The fraction of sp³-hybridized carbons (Fsp3) is 0. The first kappa shape index (κ1) is 20.2. The number of non-ortho nitro benzene ring substituents is 1. The van der Waals surface area contributed by atoms with Crippen LogP contribution in [0, 0.1) is 10.1 Å². The SMILES string of the molecule is NC(=O)c1cccc(Oc2ccc(NC(=O)/C=C/c3ccc([N+](=O)[O-])cc3)cn2)c1. The summed E-state index contributed by atoms with van der Waals surface area (Å²) in [7, 11) is 0. The lowest BCUT2D eigenvalue weighted by atomic mass is 10.2. The van der Waals surface area contributed by atoms with Gasteiger partial charge in [-0.1, -0.05) is 6.07 Å². The normalized spacial score (nSPS) is 10.5. The summed E-state index contributed by atoms with van der Waals surface area (Å²) in [5.41, 5.74) is 6.63. The Hall–Kier alpha value is -4.53. The fourth-order valence-electron chi connectivity index (χ4n) is 2.41. The van der Waals surface area contributed by atoms with Crippen LogP contribution in [0.15, 0.2) is 72.9 Å². The zero-order chi connectivity index (χ0) is 21.5. The van der Waals surface area contributed by atoms with Gasteiger partial charge in [0.2, 0.25) is 17.7 Å². The van der Waals surface area contributed by atoms with E-state index in [2.05, 4.69) is 10.3 Å². The predicted molar refractivity (Wildman–Crippen MR) is 110 cm³/mol. The molecule has 0 saturated heterocycles. The molecular weight excluding hydrogens is 388 g/mol. The highest BCUT2D eigenvalue weighted by Crippen LogP contribution is 2.21. The number of amides is 2. The van der Waals surface area contributed by atoms with Crippen molar-refractivity contribution in [1.82, 2.24) is 4.98 Å². The largest absolute Gasteiger partial charge is 0.439 e. The van der Waals surface area contributed by atoms with Crippen LogP contribution in [-0.2, 0) is 4.79 Å². The number of nitrogens with two attached hydrogens (primary N) is 1. The molecule has 2 aromatic carbocycles. The van der Waals surface area contributed by atoms with E-state index < -0.39 is 16.7 Å². The zero-order valence-corrected chi connectivity index (χ0v) is 15.5. The Morgan fingerprint density at radius 2 is 1.87 bits per heavy atom. The Labute approximate surface area is 171 Å². The van der Waals surface area contributed by atoms with Crippen LogP contribution in [0.5, 0.6) is 11.6 Å². The number of anilines is 1. The minimum atomic E-state index is -0.562. The number of hydrogen-bond acceptors (Lipinski definition) is 6. The van der Waals surface area contributed by atoms with E-state index in [-0.39, 0.29) is 11.6 Å². The molecule has 3 N–H and O–H groups in total. The van der Waals surface area contributed by atoms with Crippen LogP contribution >= 0.6 is 0 Å². The van der Waals surface area contributed by atoms with Gasteiger partial charge in [0.05, 0.1) is 16.8 Å². The summed E-state index contributed by atoms with van der Waals surface area (Å²) in [4.78, 5) is 37.5. The van der Waals surface area contributed by atoms with Crippen LogP contribution in [0.4, 0.5) is 11.4 Å². The Bertz CT molecular complexity index is 1110. The zero-order valence-electron chi connectivity index (χ0n) is 15.5. The Balaban J connectivity index is 1.58. The van der Waals surface area contributed by atoms with Gasteiger partial charge < -0.3 is 15.8 Å². The fourth-order valence-corrected chi connectivity index (χ4v) is 2.41. The van der Waals surface area contributed by atoms with Crippen molar-refractivity contribution in [1.29, 1.82) is 0 Å². The van der Waals surface area contributed by atoms with Gasteiger partial charge in [0, 0.05) is 29.8 Å². The van der Waals surface area contributed by atoms with E-state index in [1.54, 1.807) is 42.5 Å². The number of nitrogens with zero attached hydrogens (tertiary/aromatic N) is 2. The molecule has 0 aliphatic rings. The van der Waals surface area contributed by atoms with Crippen molar-refractivity contribution in [3.8, 4) is 11.6 Å². The Kier molecular flexibility index (Phi) is 6.14. The summed E-state index contributed by atoms with van der Waals surface area (Å²) in [5.74, 6) is -0.274. The number of rotatable bonds is 7. The lowest BCUT2D eigenvalue weighted by Gasteiger charge is -2.07. The topological polar surface area (TPSA) is 137 Å². The van der Waals surface area contributed by atoms with Gasteiger partial charge in [0.15, 0.2) is 0 Å². The molecule has 1 heterocycles. The monoisotopic (exact) mass is 404 g/mol. The maximum Gasteiger partial charge on any atom is 0.269 e. The molecule has 0 unspecified atom stereocenters. The van der Waals surface area contributed by atoms with E-state index in [1.165, 1.54) is 36.5 Å².